The molecular weight excluding hydrogens is 314 g/mol. The molecule has 0 saturated heterocycles. The standard InChI is InChI=1S/C25H30N/c1-4-17-25(22-15-18-26(2,3)19-16-22)23-11-7-5-9-20(23)13-14-21-10-6-8-12-24(21)25/h4-12,15H,1,13-14,16-19H2,2-3H3/q+1. The van der Waals surface area contributed by atoms with E-state index in [1.54, 1.807) is 5.57 Å². The molecule has 0 radical (unpaired) electrons. The lowest BCUT2D eigenvalue weighted by atomic mass is 9.64. The summed E-state index contributed by atoms with van der Waals surface area (Å²) in [5.41, 5.74) is 7.56. The predicted molar refractivity (Wildman–Crippen MR) is 110 cm³/mol. The van der Waals surface area contributed by atoms with E-state index in [4.69, 9.17) is 0 Å². The normalized spacial score (nSPS) is 20.3. The third-order valence-electron chi connectivity index (χ3n) is 6.44. The Morgan fingerprint density at radius 1 is 0.923 bits per heavy atom. The summed E-state index contributed by atoms with van der Waals surface area (Å²) in [6, 6.07) is 18.2. The van der Waals surface area contributed by atoms with E-state index in [0.29, 0.717) is 0 Å². The molecule has 0 saturated carbocycles. The molecule has 0 amide bonds. The van der Waals surface area contributed by atoms with Crippen molar-refractivity contribution in [3.05, 3.63) is 95.1 Å². The number of hydrogen-bond acceptors (Lipinski definition) is 0. The van der Waals surface area contributed by atoms with Gasteiger partial charge in [-0.15, -0.1) is 6.58 Å². The van der Waals surface area contributed by atoms with Crippen molar-refractivity contribution in [1.29, 1.82) is 0 Å². The van der Waals surface area contributed by atoms with Crippen LogP contribution in [0.5, 0.6) is 0 Å². The van der Waals surface area contributed by atoms with Crippen LogP contribution in [0.15, 0.2) is 72.8 Å². The number of rotatable bonds is 3. The van der Waals surface area contributed by atoms with Gasteiger partial charge in [-0.2, -0.15) is 0 Å². The zero-order valence-electron chi connectivity index (χ0n) is 16.2. The minimum absolute atomic E-state index is 0.0497. The molecule has 1 aliphatic heterocycles. The highest BCUT2D eigenvalue weighted by Gasteiger charge is 2.42. The van der Waals surface area contributed by atoms with Gasteiger partial charge in [-0.3, -0.25) is 0 Å². The van der Waals surface area contributed by atoms with Crippen LogP contribution in [0.25, 0.3) is 0 Å². The smallest absolute Gasteiger partial charge is 0.0972 e. The van der Waals surface area contributed by atoms with Crippen LogP contribution in [-0.4, -0.2) is 31.7 Å². The van der Waals surface area contributed by atoms with E-state index in [1.165, 1.54) is 28.8 Å². The number of allylic oxidation sites excluding steroid dienone is 1. The van der Waals surface area contributed by atoms with E-state index < -0.39 is 0 Å². The fraction of sp³-hybridized carbons (Fsp3) is 0.360. The molecule has 1 aliphatic carbocycles. The third-order valence-corrected chi connectivity index (χ3v) is 6.44. The van der Waals surface area contributed by atoms with Gasteiger partial charge >= 0.3 is 0 Å². The molecule has 2 aromatic carbocycles. The van der Waals surface area contributed by atoms with Crippen LogP contribution < -0.4 is 0 Å². The highest BCUT2D eigenvalue weighted by molar-refractivity contribution is 5.57. The SMILES string of the molecule is C=CCC1(C2=CC[N+](C)(C)CC2)c2ccccc2CCc2ccccc21. The summed E-state index contributed by atoms with van der Waals surface area (Å²) in [5.74, 6) is 0. The molecule has 4 rings (SSSR count). The van der Waals surface area contributed by atoms with Crippen molar-refractivity contribution in [1.82, 2.24) is 0 Å². The first-order valence-electron chi connectivity index (χ1n) is 9.86. The summed E-state index contributed by atoms with van der Waals surface area (Å²) < 4.78 is 1.08. The van der Waals surface area contributed by atoms with E-state index >= 15 is 0 Å². The van der Waals surface area contributed by atoms with Gasteiger partial charge in [-0.25, -0.2) is 0 Å². The Morgan fingerprint density at radius 3 is 2.00 bits per heavy atom. The molecule has 1 heterocycles. The lowest BCUT2D eigenvalue weighted by Gasteiger charge is -2.42. The zero-order valence-corrected chi connectivity index (χ0v) is 16.2. The van der Waals surface area contributed by atoms with Crippen LogP contribution >= 0.6 is 0 Å². The van der Waals surface area contributed by atoms with Gasteiger partial charge in [-0.1, -0.05) is 54.6 Å². The first-order valence-corrected chi connectivity index (χ1v) is 9.86. The van der Waals surface area contributed by atoms with Crippen LogP contribution in [0.3, 0.4) is 0 Å². The van der Waals surface area contributed by atoms with Crippen molar-refractivity contribution in [2.75, 3.05) is 27.2 Å². The van der Waals surface area contributed by atoms with Gasteiger partial charge in [0.2, 0.25) is 0 Å². The molecule has 26 heavy (non-hydrogen) atoms. The second kappa shape index (κ2) is 6.55. The molecule has 2 aliphatic rings. The monoisotopic (exact) mass is 344 g/mol. The van der Waals surface area contributed by atoms with E-state index in [9.17, 15) is 0 Å². The average molecular weight is 345 g/mol. The third kappa shape index (κ3) is 2.75. The summed E-state index contributed by atoms with van der Waals surface area (Å²) in [6.07, 6.45) is 9.05. The van der Waals surface area contributed by atoms with Gasteiger partial charge in [0.15, 0.2) is 0 Å². The molecule has 0 fully saturated rings. The average Bonchev–Trinajstić information content (AvgIpc) is 2.78. The number of hydrogen-bond donors (Lipinski definition) is 0. The van der Waals surface area contributed by atoms with Crippen LogP contribution in [0.4, 0.5) is 0 Å². The molecule has 0 atom stereocenters. The van der Waals surface area contributed by atoms with Crippen molar-refractivity contribution < 1.29 is 4.48 Å². The largest absolute Gasteiger partial charge is 0.325 e. The quantitative estimate of drug-likeness (QED) is 0.540. The van der Waals surface area contributed by atoms with Gasteiger partial charge in [0.25, 0.3) is 0 Å². The molecule has 0 aromatic heterocycles. The Labute approximate surface area is 158 Å². The highest BCUT2D eigenvalue weighted by atomic mass is 15.3. The molecule has 2 aromatic rings. The number of nitrogens with zero attached hydrogens (tertiary/aromatic N) is 1. The van der Waals surface area contributed by atoms with Crippen molar-refractivity contribution in [3.8, 4) is 0 Å². The van der Waals surface area contributed by atoms with E-state index in [1.807, 2.05) is 0 Å². The summed E-state index contributed by atoms with van der Waals surface area (Å²) in [6.45, 7) is 6.48. The summed E-state index contributed by atoms with van der Waals surface area (Å²) in [7, 11) is 4.67. The Hall–Kier alpha value is -2.12. The summed E-state index contributed by atoms with van der Waals surface area (Å²) >= 11 is 0. The van der Waals surface area contributed by atoms with Crippen molar-refractivity contribution in [3.63, 3.8) is 0 Å². The van der Waals surface area contributed by atoms with E-state index in [-0.39, 0.29) is 5.41 Å². The molecule has 0 spiro atoms. The molecular formula is C25H30N+. The second-order valence-corrected chi connectivity index (χ2v) is 8.53. The number of benzene rings is 2. The molecule has 0 bridgehead atoms. The van der Waals surface area contributed by atoms with Gasteiger partial charge < -0.3 is 4.48 Å². The fourth-order valence-electron chi connectivity index (χ4n) is 5.00. The molecule has 0 N–H and O–H groups in total. The molecule has 1 heteroatoms. The Kier molecular flexibility index (Phi) is 4.36. The maximum absolute atomic E-state index is 4.17. The predicted octanol–water partition coefficient (Wildman–Crippen LogP) is 5.05. The Morgan fingerprint density at radius 2 is 1.50 bits per heavy atom. The van der Waals surface area contributed by atoms with Gasteiger partial charge in [0, 0.05) is 11.8 Å². The van der Waals surface area contributed by atoms with Crippen molar-refractivity contribution in [2.45, 2.75) is 31.1 Å². The fourth-order valence-corrected chi connectivity index (χ4v) is 5.00. The first-order chi connectivity index (χ1) is 12.6. The van der Waals surface area contributed by atoms with Gasteiger partial charge in [0.1, 0.15) is 0 Å². The van der Waals surface area contributed by atoms with E-state index in [0.717, 1.165) is 36.7 Å². The number of likely N-dealkylation sites (N-methyl/N-ethyl adjacent to an activating group) is 1. The van der Waals surface area contributed by atoms with Crippen LogP contribution in [0, 0.1) is 0 Å². The highest BCUT2D eigenvalue weighted by Crippen LogP contribution is 2.49. The number of quaternary nitrogens is 1. The van der Waals surface area contributed by atoms with Crippen molar-refractivity contribution >= 4 is 0 Å². The summed E-state index contributed by atoms with van der Waals surface area (Å²) in [5, 5.41) is 0. The summed E-state index contributed by atoms with van der Waals surface area (Å²) in [4.78, 5) is 0. The lowest BCUT2D eigenvalue weighted by Crippen LogP contribution is -2.45. The molecule has 134 valence electrons. The molecule has 0 unspecified atom stereocenters. The first kappa shape index (κ1) is 17.3. The van der Waals surface area contributed by atoms with Crippen molar-refractivity contribution in [2.24, 2.45) is 0 Å². The van der Waals surface area contributed by atoms with Crippen LogP contribution in [-0.2, 0) is 18.3 Å². The Bertz CT molecular complexity index is 808. The molecule has 1 nitrogen and oxygen atoms in total. The zero-order chi connectivity index (χ0) is 18.2. The van der Waals surface area contributed by atoms with Gasteiger partial charge in [-0.05, 0) is 53.2 Å². The number of aryl methyl sites for hydroxylation is 2. The maximum Gasteiger partial charge on any atom is 0.0972 e. The van der Waals surface area contributed by atoms with Crippen LogP contribution in [0.1, 0.15) is 35.1 Å². The maximum atomic E-state index is 4.17. The lowest BCUT2D eigenvalue weighted by molar-refractivity contribution is -0.886. The second-order valence-electron chi connectivity index (χ2n) is 8.53. The van der Waals surface area contributed by atoms with Crippen LogP contribution in [0.2, 0.25) is 0 Å². The minimum atomic E-state index is -0.0497. The van der Waals surface area contributed by atoms with E-state index in [2.05, 4.69) is 81.4 Å². The van der Waals surface area contributed by atoms with Gasteiger partial charge in [0.05, 0.1) is 27.2 Å². The Balaban J connectivity index is 2.01. The topological polar surface area (TPSA) is 0 Å². The minimum Gasteiger partial charge on any atom is -0.325 e. The number of fused-ring (bicyclic) bond motifs is 2.